The van der Waals surface area contributed by atoms with E-state index < -0.39 is 0 Å². The van der Waals surface area contributed by atoms with Crippen molar-refractivity contribution in [2.45, 2.75) is 33.2 Å². The maximum absolute atomic E-state index is 4.45. The lowest BCUT2D eigenvalue weighted by Crippen LogP contribution is -2.14. The minimum atomic E-state index is 0.465. The number of nitrogens with zero attached hydrogens (tertiary/aromatic N) is 2. The first-order valence-electron chi connectivity index (χ1n) is 5.10. The largest absolute Gasteiger partial charge is 0.334 e. The summed E-state index contributed by atoms with van der Waals surface area (Å²) in [7, 11) is 0. The Labute approximate surface area is 79.0 Å². The van der Waals surface area contributed by atoms with Crippen LogP contribution < -0.4 is 0 Å². The molecule has 1 aliphatic heterocycles. The molecule has 13 heavy (non-hydrogen) atoms. The van der Waals surface area contributed by atoms with Gasteiger partial charge in [-0.05, 0) is 17.3 Å². The smallest absolute Gasteiger partial charge is 0.112 e. The van der Waals surface area contributed by atoms with Gasteiger partial charge in [-0.15, -0.1) is 0 Å². The van der Waals surface area contributed by atoms with Gasteiger partial charge in [0.25, 0.3) is 0 Å². The molecule has 2 nitrogen and oxygen atoms in total. The molecule has 0 radical (unpaired) electrons. The molecule has 2 aliphatic rings. The van der Waals surface area contributed by atoms with Crippen LogP contribution in [0.15, 0.2) is 12.4 Å². The predicted molar refractivity (Wildman–Crippen MR) is 51.4 cm³/mol. The molecule has 1 aromatic rings. The Hall–Kier alpha value is -0.790. The monoisotopic (exact) mass is 176 g/mol. The molecule has 0 bridgehead atoms. The summed E-state index contributed by atoms with van der Waals surface area (Å²) in [5.74, 6) is 3.88. The topological polar surface area (TPSA) is 17.8 Å². The second-order valence-electron chi connectivity index (χ2n) is 5.52. The highest BCUT2D eigenvalue weighted by Gasteiger charge is 2.61. The van der Waals surface area contributed by atoms with Crippen LogP contribution in [0.5, 0.6) is 0 Å². The van der Waals surface area contributed by atoms with Gasteiger partial charge in [0, 0.05) is 24.9 Å². The molecule has 3 atom stereocenters. The normalized spacial score (nSPS) is 35.8. The van der Waals surface area contributed by atoms with Gasteiger partial charge in [-0.25, -0.2) is 4.98 Å². The van der Waals surface area contributed by atoms with E-state index in [9.17, 15) is 0 Å². The quantitative estimate of drug-likeness (QED) is 0.593. The van der Waals surface area contributed by atoms with Crippen LogP contribution in [-0.2, 0) is 6.54 Å². The lowest BCUT2D eigenvalue weighted by molar-refractivity contribution is 0.308. The second-order valence-corrected chi connectivity index (χ2v) is 5.52. The van der Waals surface area contributed by atoms with Gasteiger partial charge in [0.15, 0.2) is 0 Å². The highest BCUT2D eigenvalue weighted by atomic mass is 15.1. The number of imidazole rings is 1. The van der Waals surface area contributed by atoms with E-state index in [4.69, 9.17) is 0 Å². The molecule has 0 N–H and O–H groups in total. The fraction of sp³-hybridized carbons (Fsp3) is 0.727. The Balaban J connectivity index is 1.93. The van der Waals surface area contributed by atoms with Crippen molar-refractivity contribution in [3.8, 4) is 0 Å². The van der Waals surface area contributed by atoms with E-state index in [2.05, 4.69) is 36.5 Å². The summed E-state index contributed by atoms with van der Waals surface area (Å²) >= 11 is 0. The van der Waals surface area contributed by atoms with Gasteiger partial charge in [-0.2, -0.15) is 0 Å². The maximum Gasteiger partial charge on any atom is 0.112 e. The summed E-state index contributed by atoms with van der Waals surface area (Å²) in [6.45, 7) is 8.26. The van der Waals surface area contributed by atoms with E-state index in [-0.39, 0.29) is 0 Å². The number of rotatable bonds is 0. The second kappa shape index (κ2) is 1.99. The van der Waals surface area contributed by atoms with Crippen LogP contribution in [0.4, 0.5) is 0 Å². The Morgan fingerprint density at radius 2 is 2.23 bits per heavy atom. The van der Waals surface area contributed by atoms with Crippen molar-refractivity contribution >= 4 is 0 Å². The first kappa shape index (κ1) is 7.60. The molecule has 2 heterocycles. The molecule has 0 amide bonds. The molecule has 1 aliphatic carbocycles. The van der Waals surface area contributed by atoms with E-state index in [1.54, 1.807) is 0 Å². The van der Waals surface area contributed by atoms with Crippen molar-refractivity contribution in [2.24, 2.45) is 17.3 Å². The zero-order chi connectivity index (χ0) is 9.22. The number of fused-ring (bicyclic) bond motifs is 3. The van der Waals surface area contributed by atoms with E-state index in [0.29, 0.717) is 5.41 Å². The Bertz CT molecular complexity index is 345. The highest BCUT2D eigenvalue weighted by molar-refractivity contribution is 5.24. The van der Waals surface area contributed by atoms with Crippen molar-refractivity contribution in [1.29, 1.82) is 0 Å². The van der Waals surface area contributed by atoms with Gasteiger partial charge >= 0.3 is 0 Å². The van der Waals surface area contributed by atoms with Crippen LogP contribution in [0, 0.1) is 17.3 Å². The molecular weight excluding hydrogens is 160 g/mol. The van der Waals surface area contributed by atoms with Crippen LogP contribution in [0.25, 0.3) is 0 Å². The zero-order valence-electron chi connectivity index (χ0n) is 8.49. The van der Waals surface area contributed by atoms with Crippen LogP contribution in [0.3, 0.4) is 0 Å². The molecule has 2 heteroatoms. The highest BCUT2D eigenvalue weighted by Crippen LogP contribution is 2.65. The summed E-state index contributed by atoms with van der Waals surface area (Å²) in [5.41, 5.74) is 0.465. The molecular formula is C11H16N2. The third kappa shape index (κ3) is 0.862. The van der Waals surface area contributed by atoms with Gasteiger partial charge < -0.3 is 4.57 Å². The molecule has 0 spiro atoms. The standard InChI is InChI=1S/C11H16N2/c1-11(2,3)9-7-6-13-5-4-12-10(13)8(7)9/h4-5,7-9H,6H2,1-3H3/t7-,8?,9-/m1/s1. The van der Waals surface area contributed by atoms with E-state index >= 15 is 0 Å². The van der Waals surface area contributed by atoms with Gasteiger partial charge in [-0.3, -0.25) is 0 Å². The zero-order valence-corrected chi connectivity index (χ0v) is 8.49. The van der Waals surface area contributed by atoms with Crippen LogP contribution in [-0.4, -0.2) is 9.55 Å². The van der Waals surface area contributed by atoms with Crippen LogP contribution in [0.2, 0.25) is 0 Å². The fourth-order valence-corrected chi connectivity index (χ4v) is 3.13. The Morgan fingerprint density at radius 1 is 1.46 bits per heavy atom. The molecule has 1 fully saturated rings. The van der Waals surface area contributed by atoms with Gasteiger partial charge in [0.1, 0.15) is 5.82 Å². The van der Waals surface area contributed by atoms with Gasteiger partial charge in [0.05, 0.1) is 0 Å². The lowest BCUT2D eigenvalue weighted by Gasteiger charge is -2.20. The SMILES string of the molecule is CC(C)(C)[C@H]1C2c3nccn3C[C@H]21. The Morgan fingerprint density at radius 3 is 2.92 bits per heavy atom. The minimum Gasteiger partial charge on any atom is -0.334 e. The minimum absolute atomic E-state index is 0.465. The van der Waals surface area contributed by atoms with E-state index in [1.807, 2.05) is 6.20 Å². The fourth-order valence-electron chi connectivity index (χ4n) is 3.13. The molecule has 3 rings (SSSR count). The third-order valence-corrected chi connectivity index (χ3v) is 3.62. The van der Waals surface area contributed by atoms with Crippen molar-refractivity contribution < 1.29 is 0 Å². The Kier molecular flexibility index (Phi) is 1.17. The average Bonchev–Trinajstić information content (AvgIpc) is 2.39. The third-order valence-electron chi connectivity index (χ3n) is 3.62. The summed E-state index contributed by atoms with van der Waals surface area (Å²) in [6, 6.07) is 0. The molecule has 1 aromatic heterocycles. The van der Waals surface area contributed by atoms with Crippen LogP contribution >= 0.6 is 0 Å². The summed E-state index contributed by atoms with van der Waals surface area (Å²) in [5, 5.41) is 0. The molecule has 1 saturated carbocycles. The first-order chi connectivity index (χ1) is 6.09. The van der Waals surface area contributed by atoms with Crippen molar-refractivity contribution in [1.82, 2.24) is 9.55 Å². The first-order valence-corrected chi connectivity index (χ1v) is 5.10. The molecule has 1 unspecified atom stereocenters. The van der Waals surface area contributed by atoms with Crippen molar-refractivity contribution in [3.05, 3.63) is 18.2 Å². The summed E-state index contributed by atoms with van der Waals surface area (Å²) < 4.78 is 2.32. The predicted octanol–water partition coefficient (Wildman–Crippen LogP) is 2.27. The molecule has 0 saturated heterocycles. The van der Waals surface area contributed by atoms with Gasteiger partial charge in [-0.1, -0.05) is 20.8 Å². The van der Waals surface area contributed by atoms with Crippen molar-refractivity contribution in [3.63, 3.8) is 0 Å². The summed E-state index contributed by atoms with van der Waals surface area (Å²) in [4.78, 5) is 4.45. The van der Waals surface area contributed by atoms with Crippen LogP contribution in [0.1, 0.15) is 32.5 Å². The van der Waals surface area contributed by atoms with Crippen molar-refractivity contribution in [2.75, 3.05) is 0 Å². The number of hydrogen-bond acceptors (Lipinski definition) is 1. The average molecular weight is 176 g/mol. The maximum atomic E-state index is 4.45. The number of aromatic nitrogens is 2. The molecule has 0 aromatic carbocycles. The lowest BCUT2D eigenvalue weighted by atomic mass is 9.87. The van der Waals surface area contributed by atoms with E-state index in [1.165, 1.54) is 12.4 Å². The van der Waals surface area contributed by atoms with E-state index in [0.717, 1.165) is 17.8 Å². The summed E-state index contributed by atoms with van der Waals surface area (Å²) in [6.07, 6.45) is 4.05. The van der Waals surface area contributed by atoms with Gasteiger partial charge in [0.2, 0.25) is 0 Å². The number of hydrogen-bond donors (Lipinski definition) is 0. The molecule has 70 valence electrons.